The van der Waals surface area contributed by atoms with Crippen LogP contribution >= 0.6 is 0 Å². The zero-order valence-corrected chi connectivity index (χ0v) is 10.6. The summed E-state index contributed by atoms with van der Waals surface area (Å²) in [6.07, 6.45) is 1.19. The van der Waals surface area contributed by atoms with Gasteiger partial charge in [-0.05, 0) is 37.1 Å². The normalized spacial score (nSPS) is 11.4. The van der Waals surface area contributed by atoms with Crippen LogP contribution in [0.25, 0.3) is 0 Å². The highest BCUT2D eigenvalue weighted by atomic mass is 32.2. The summed E-state index contributed by atoms with van der Waals surface area (Å²) in [6.45, 7) is 3.95. The number of nitrogens with two attached hydrogens (primary N) is 1. The van der Waals surface area contributed by atoms with E-state index in [-0.39, 0.29) is 12.4 Å². The highest BCUT2D eigenvalue weighted by Crippen LogP contribution is 2.25. The molecule has 16 heavy (non-hydrogen) atoms. The lowest BCUT2D eigenvalue weighted by atomic mass is 10.1. The number of nitrogen functional groups attached to an aromatic ring is 1. The molecule has 0 aromatic heterocycles. The maximum atomic E-state index is 10.9. The minimum Gasteiger partial charge on any atom is -0.492 e. The third kappa shape index (κ3) is 3.73. The monoisotopic (exact) mass is 243 g/mol. The van der Waals surface area contributed by atoms with Gasteiger partial charge in [0.2, 0.25) is 0 Å². The Hall–Kier alpha value is -1.23. The molecular formula is C11H17NO3S. The van der Waals surface area contributed by atoms with Crippen LogP contribution in [0.15, 0.2) is 12.1 Å². The molecule has 0 aliphatic heterocycles. The summed E-state index contributed by atoms with van der Waals surface area (Å²) in [4.78, 5) is 0. The summed E-state index contributed by atoms with van der Waals surface area (Å²) in [5.41, 5.74) is 8.20. The number of sulfone groups is 1. The molecule has 0 bridgehead atoms. The average Bonchev–Trinajstić information content (AvgIpc) is 2.07. The topological polar surface area (TPSA) is 69.4 Å². The first-order valence-corrected chi connectivity index (χ1v) is 7.03. The minimum absolute atomic E-state index is 0.0241. The van der Waals surface area contributed by atoms with Crippen LogP contribution < -0.4 is 10.5 Å². The van der Waals surface area contributed by atoms with E-state index in [1.54, 1.807) is 0 Å². The van der Waals surface area contributed by atoms with E-state index in [2.05, 4.69) is 0 Å². The third-order valence-electron chi connectivity index (χ3n) is 2.18. The van der Waals surface area contributed by atoms with Crippen molar-refractivity contribution in [3.05, 3.63) is 23.3 Å². The van der Waals surface area contributed by atoms with Crippen molar-refractivity contribution < 1.29 is 13.2 Å². The summed E-state index contributed by atoms with van der Waals surface area (Å²) in [5, 5.41) is 0. The second-order valence-corrected chi connectivity index (χ2v) is 6.22. The first kappa shape index (κ1) is 12.8. The Labute approximate surface area is 96.3 Å². The minimum atomic E-state index is -2.98. The van der Waals surface area contributed by atoms with Crippen molar-refractivity contribution in [2.24, 2.45) is 0 Å². The van der Waals surface area contributed by atoms with Gasteiger partial charge in [-0.2, -0.15) is 0 Å². The molecule has 1 aromatic carbocycles. The van der Waals surface area contributed by atoms with Crippen molar-refractivity contribution in [3.63, 3.8) is 0 Å². The molecule has 0 spiro atoms. The summed E-state index contributed by atoms with van der Waals surface area (Å²) >= 11 is 0. The maximum Gasteiger partial charge on any atom is 0.150 e. The number of ether oxygens (including phenoxy) is 1. The zero-order chi connectivity index (χ0) is 12.3. The number of anilines is 1. The van der Waals surface area contributed by atoms with Crippen molar-refractivity contribution in [1.29, 1.82) is 0 Å². The van der Waals surface area contributed by atoms with E-state index in [1.807, 2.05) is 26.0 Å². The second kappa shape index (κ2) is 4.74. The fourth-order valence-corrected chi connectivity index (χ4v) is 1.89. The fraction of sp³-hybridized carbons (Fsp3) is 0.455. The van der Waals surface area contributed by atoms with E-state index in [1.165, 1.54) is 6.26 Å². The molecule has 0 heterocycles. The molecule has 0 fully saturated rings. The van der Waals surface area contributed by atoms with Gasteiger partial charge in [0, 0.05) is 11.9 Å². The quantitative estimate of drug-likeness (QED) is 0.809. The van der Waals surface area contributed by atoms with Crippen molar-refractivity contribution in [2.75, 3.05) is 24.3 Å². The average molecular weight is 243 g/mol. The Morgan fingerprint density at radius 1 is 1.25 bits per heavy atom. The van der Waals surface area contributed by atoms with Crippen molar-refractivity contribution in [2.45, 2.75) is 13.8 Å². The number of benzene rings is 1. The summed E-state index contributed by atoms with van der Waals surface area (Å²) < 4.78 is 27.4. The highest BCUT2D eigenvalue weighted by molar-refractivity contribution is 7.90. The van der Waals surface area contributed by atoms with Gasteiger partial charge < -0.3 is 10.5 Å². The van der Waals surface area contributed by atoms with Crippen LogP contribution in [0.2, 0.25) is 0 Å². The molecule has 1 aromatic rings. The molecule has 90 valence electrons. The van der Waals surface area contributed by atoms with Crippen molar-refractivity contribution >= 4 is 15.5 Å². The van der Waals surface area contributed by atoms with Crippen LogP contribution in [0.4, 0.5) is 5.69 Å². The van der Waals surface area contributed by atoms with E-state index in [0.717, 1.165) is 16.9 Å². The molecule has 0 saturated heterocycles. The van der Waals surface area contributed by atoms with Crippen molar-refractivity contribution in [1.82, 2.24) is 0 Å². The Balaban J connectivity index is 2.75. The Kier molecular flexibility index (Phi) is 3.80. The third-order valence-corrected chi connectivity index (χ3v) is 3.09. The van der Waals surface area contributed by atoms with Gasteiger partial charge >= 0.3 is 0 Å². The standard InChI is InChI=1S/C11H17NO3S/c1-8-6-10(12)7-9(2)11(8)15-4-5-16(3,13)14/h6-7H,4-5,12H2,1-3H3. The summed E-state index contributed by atoms with van der Waals surface area (Å²) in [6, 6.07) is 3.62. The van der Waals surface area contributed by atoms with Crippen LogP contribution in [0.1, 0.15) is 11.1 Å². The molecule has 0 aliphatic rings. The molecule has 1 rings (SSSR count). The highest BCUT2D eigenvalue weighted by Gasteiger charge is 2.07. The molecule has 0 amide bonds. The van der Waals surface area contributed by atoms with Gasteiger partial charge in [-0.25, -0.2) is 8.42 Å². The van der Waals surface area contributed by atoms with Crippen LogP contribution in [0, 0.1) is 13.8 Å². The first-order chi connectivity index (χ1) is 7.29. The van der Waals surface area contributed by atoms with Gasteiger partial charge in [-0.15, -0.1) is 0 Å². The Morgan fingerprint density at radius 2 is 1.75 bits per heavy atom. The lowest BCUT2D eigenvalue weighted by molar-refractivity contribution is 0.336. The second-order valence-electron chi connectivity index (χ2n) is 3.96. The van der Waals surface area contributed by atoms with Gasteiger partial charge in [0.1, 0.15) is 12.4 Å². The molecular weight excluding hydrogens is 226 g/mol. The van der Waals surface area contributed by atoms with Gasteiger partial charge in [-0.1, -0.05) is 0 Å². The molecule has 0 saturated carbocycles. The molecule has 5 heteroatoms. The number of aryl methyl sites for hydroxylation is 2. The number of hydrogen-bond donors (Lipinski definition) is 1. The molecule has 0 radical (unpaired) electrons. The van der Waals surface area contributed by atoms with Crippen molar-refractivity contribution in [3.8, 4) is 5.75 Å². The van der Waals surface area contributed by atoms with E-state index >= 15 is 0 Å². The smallest absolute Gasteiger partial charge is 0.150 e. The molecule has 0 atom stereocenters. The van der Waals surface area contributed by atoms with Gasteiger partial charge in [0.05, 0.1) is 5.75 Å². The molecule has 0 unspecified atom stereocenters. The largest absolute Gasteiger partial charge is 0.492 e. The van der Waals surface area contributed by atoms with E-state index in [0.29, 0.717) is 5.69 Å². The predicted octanol–water partition coefficient (Wildman–Crippen LogP) is 1.31. The Morgan fingerprint density at radius 3 is 2.19 bits per heavy atom. The predicted molar refractivity (Wildman–Crippen MR) is 65.5 cm³/mol. The van der Waals surface area contributed by atoms with E-state index in [9.17, 15) is 8.42 Å². The molecule has 0 aliphatic carbocycles. The van der Waals surface area contributed by atoms with Crippen LogP contribution in [-0.4, -0.2) is 27.0 Å². The zero-order valence-electron chi connectivity index (χ0n) is 9.78. The van der Waals surface area contributed by atoms with E-state index < -0.39 is 9.84 Å². The lowest BCUT2D eigenvalue weighted by Gasteiger charge is -2.12. The van der Waals surface area contributed by atoms with Crippen LogP contribution in [0.3, 0.4) is 0 Å². The van der Waals surface area contributed by atoms with Crippen LogP contribution in [-0.2, 0) is 9.84 Å². The van der Waals surface area contributed by atoms with E-state index in [4.69, 9.17) is 10.5 Å². The number of hydrogen-bond acceptors (Lipinski definition) is 4. The maximum absolute atomic E-state index is 10.9. The van der Waals surface area contributed by atoms with Gasteiger partial charge in [0.15, 0.2) is 9.84 Å². The fourth-order valence-electron chi connectivity index (χ4n) is 1.51. The summed E-state index contributed by atoms with van der Waals surface area (Å²) in [5.74, 6) is 0.744. The number of rotatable bonds is 4. The van der Waals surface area contributed by atoms with Crippen LogP contribution in [0.5, 0.6) is 5.75 Å². The van der Waals surface area contributed by atoms with Gasteiger partial charge in [-0.3, -0.25) is 0 Å². The van der Waals surface area contributed by atoms with Gasteiger partial charge in [0.25, 0.3) is 0 Å². The lowest BCUT2D eigenvalue weighted by Crippen LogP contribution is -2.13. The SMILES string of the molecule is Cc1cc(N)cc(C)c1OCCS(C)(=O)=O. The first-order valence-electron chi connectivity index (χ1n) is 4.97. The summed E-state index contributed by atoms with van der Waals surface area (Å²) in [7, 11) is -2.98. The Bertz CT molecular complexity index is 457. The molecule has 4 nitrogen and oxygen atoms in total. The molecule has 2 N–H and O–H groups in total.